The molecule has 0 spiro atoms. The van der Waals surface area contributed by atoms with E-state index in [0.29, 0.717) is 46.0 Å². The van der Waals surface area contributed by atoms with Crippen molar-refractivity contribution in [2.45, 2.75) is 32.9 Å². The minimum Gasteiger partial charge on any atom is -0.467 e. The Morgan fingerprint density at radius 3 is 2.60 bits per heavy atom. The monoisotopic (exact) mass is 539 g/mol. The summed E-state index contributed by atoms with van der Waals surface area (Å²) in [6.07, 6.45) is 9.92. The van der Waals surface area contributed by atoms with Crippen LogP contribution in [0.2, 0.25) is 0 Å². The number of amides is 1. The van der Waals surface area contributed by atoms with Gasteiger partial charge in [0.1, 0.15) is 6.33 Å². The highest BCUT2D eigenvalue weighted by Crippen LogP contribution is 2.32. The summed E-state index contributed by atoms with van der Waals surface area (Å²) >= 11 is 0. The van der Waals surface area contributed by atoms with E-state index in [0.717, 1.165) is 29.9 Å². The van der Waals surface area contributed by atoms with Gasteiger partial charge in [0.25, 0.3) is 5.91 Å². The van der Waals surface area contributed by atoms with Crippen molar-refractivity contribution in [2.75, 3.05) is 30.4 Å². The van der Waals surface area contributed by atoms with E-state index in [1.165, 1.54) is 13.4 Å². The van der Waals surface area contributed by atoms with Crippen LogP contribution in [0.25, 0.3) is 16.6 Å². The Labute approximate surface area is 230 Å². The molecule has 0 bridgehead atoms. The molecule has 6 rings (SSSR count). The molecule has 0 aliphatic carbocycles. The number of carbonyl (C=O) groups is 1. The van der Waals surface area contributed by atoms with Crippen LogP contribution in [-0.4, -0.2) is 67.5 Å². The third kappa shape index (κ3) is 4.96. The quantitative estimate of drug-likeness (QED) is 0.330. The van der Waals surface area contributed by atoms with E-state index in [9.17, 15) is 4.79 Å². The summed E-state index contributed by atoms with van der Waals surface area (Å²) in [5.41, 5.74) is 3.82. The van der Waals surface area contributed by atoms with Crippen molar-refractivity contribution in [1.82, 2.24) is 34.6 Å². The summed E-state index contributed by atoms with van der Waals surface area (Å²) in [6, 6.07) is 6.32. The van der Waals surface area contributed by atoms with Crippen LogP contribution in [0.5, 0.6) is 17.5 Å². The van der Waals surface area contributed by atoms with Gasteiger partial charge in [-0.2, -0.15) is 4.98 Å². The number of pyridine rings is 1. The molecule has 1 saturated heterocycles. The molecule has 1 aromatic carbocycles. The van der Waals surface area contributed by atoms with Crippen molar-refractivity contribution >= 4 is 33.8 Å². The second kappa shape index (κ2) is 10.4. The average molecular weight is 540 g/mol. The summed E-state index contributed by atoms with van der Waals surface area (Å²) in [5, 5.41) is 7.34. The molecule has 4 aromatic heterocycles. The second-order valence-corrected chi connectivity index (χ2v) is 9.96. The lowest BCUT2D eigenvalue weighted by molar-refractivity contribution is 0.102. The number of hydrogen-bond acceptors (Lipinski definition) is 10. The number of piperazine rings is 1. The van der Waals surface area contributed by atoms with E-state index in [1.54, 1.807) is 36.9 Å². The van der Waals surface area contributed by atoms with Crippen LogP contribution in [0, 0.1) is 6.92 Å². The zero-order chi connectivity index (χ0) is 27.8. The molecule has 12 heteroatoms. The first-order valence-corrected chi connectivity index (χ1v) is 13.0. The van der Waals surface area contributed by atoms with E-state index in [1.807, 2.05) is 23.6 Å². The van der Waals surface area contributed by atoms with Crippen molar-refractivity contribution in [3.63, 3.8) is 0 Å². The lowest BCUT2D eigenvalue weighted by atomic mass is 10.0. The molecule has 1 aliphatic heterocycles. The van der Waals surface area contributed by atoms with Gasteiger partial charge in [0.2, 0.25) is 0 Å². The summed E-state index contributed by atoms with van der Waals surface area (Å²) in [7, 11) is 1.51. The Bertz CT molecular complexity index is 1700. The molecule has 2 N–H and O–H groups in total. The number of nitrogens with zero attached hydrogens (tertiary/aromatic N) is 7. The molecule has 40 heavy (non-hydrogen) atoms. The van der Waals surface area contributed by atoms with E-state index in [4.69, 9.17) is 9.47 Å². The Kier molecular flexibility index (Phi) is 6.60. The Morgan fingerprint density at radius 2 is 1.85 bits per heavy atom. The van der Waals surface area contributed by atoms with Crippen molar-refractivity contribution in [3.05, 3.63) is 66.8 Å². The summed E-state index contributed by atoms with van der Waals surface area (Å²) in [6.45, 7) is 7.87. The molecule has 1 fully saturated rings. The molecule has 5 aromatic rings. The van der Waals surface area contributed by atoms with Gasteiger partial charge in [-0.3, -0.25) is 4.79 Å². The van der Waals surface area contributed by atoms with Gasteiger partial charge in [0.15, 0.2) is 17.1 Å². The topological polar surface area (TPSA) is 132 Å². The number of imidazole rings is 1. The lowest BCUT2D eigenvalue weighted by Crippen LogP contribution is -2.54. The largest absolute Gasteiger partial charge is 0.467 e. The highest BCUT2D eigenvalue weighted by Gasteiger charge is 2.25. The maximum absolute atomic E-state index is 13.7. The maximum atomic E-state index is 13.7. The Morgan fingerprint density at radius 1 is 1.07 bits per heavy atom. The number of methoxy groups -OCH3 is 1. The van der Waals surface area contributed by atoms with Crippen LogP contribution < -0.4 is 25.0 Å². The molecule has 0 radical (unpaired) electrons. The summed E-state index contributed by atoms with van der Waals surface area (Å²) in [5.74, 6) is 0.576. The van der Waals surface area contributed by atoms with Gasteiger partial charge in [-0.1, -0.05) is 0 Å². The van der Waals surface area contributed by atoms with Crippen LogP contribution >= 0.6 is 0 Å². The third-order valence-electron chi connectivity index (χ3n) is 6.69. The Hall–Kier alpha value is -4.84. The van der Waals surface area contributed by atoms with Gasteiger partial charge >= 0.3 is 6.01 Å². The van der Waals surface area contributed by atoms with Crippen molar-refractivity contribution < 1.29 is 14.3 Å². The molecular weight excluding hydrogens is 510 g/mol. The smallest absolute Gasteiger partial charge is 0.316 e. The van der Waals surface area contributed by atoms with Gasteiger partial charge in [-0.25, -0.2) is 19.9 Å². The predicted molar refractivity (Wildman–Crippen MR) is 150 cm³/mol. The number of benzene rings is 1. The minimum atomic E-state index is -0.329. The van der Waals surface area contributed by atoms with Crippen LogP contribution in [0.3, 0.4) is 0 Å². The van der Waals surface area contributed by atoms with Gasteiger partial charge in [0, 0.05) is 60.9 Å². The third-order valence-corrected chi connectivity index (χ3v) is 6.69. The minimum absolute atomic E-state index is 0.192. The van der Waals surface area contributed by atoms with E-state index in [2.05, 4.69) is 54.3 Å². The van der Waals surface area contributed by atoms with E-state index in [-0.39, 0.29) is 11.9 Å². The van der Waals surface area contributed by atoms with Crippen molar-refractivity contribution in [1.29, 1.82) is 0 Å². The first kappa shape index (κ1) is 25.4. The van der Waals surface area contributed by atoms with Gasteiger partial charge < -0.3 is 29.4 Å². The van der Waals surface area contributed by atoms with Crippen molar-refractivity contribution in [3.8, 4) is 17.5 Å². The van der Waals surface area contributed by atoms with Gasteiger partial charge in [0.05, 0.1) is 42.0 Å². The predicted octanol–water partition coefficient (Wildman–Crippen LogP) is 3.62. The number of nitrogens with one attached hydrogen (secondary N) is 2. The highest BCUT2D eigenvalue weighted by molar-refractivity contribution is 6.14. The number of ether oxygens (including phenoxy) is 2. The summed E-state index contributed by atoms with van der Waals surface area (Å²) in [4.78, 5) is 37.5. The molecule has 0 saturated carbocycles. The molecule has 12 nitrogen and oxygen atoms in total. The lowest BCUT2D eigenvalue weighted by Gasteiger charge is -2.38. The molecule has 2 atom stereocenters. The number of carbonyl (C=O) groups excluding carboxylic acids is 1. The van der Waals surface area contributed by atoms with Gasteiger partial charge in [-0.05, 0) is 32.9 Å². The zero-order valence-corrected chi connectivity index (χ0v) is 22.6. The molecule has 1 amide bonds. The Balaban J connectivity index is 1.37. The molecule has 204 valence electrons. The van der Waals surface area contributed by atoms with Crippen LogP contribution in [0.15, 0.2) is 55.5 Å². The zero-order valence-electron chi connectivity index (χ0n) is 22.6. The van der Waals surface area contributed by atoms with Gasteiger partial charge in [-0.15, -0.1) is 0 Å². The molecule has 5 heterocycles. The van der Waals surface area contributed by atoms with Crippen molar-refractivity contribution in [2.24, 2.45) is 0 Å². The van der Waals surface area contributed by atoms with Crippen LogP contribution in [0.4, 0.5) is 11.4 Å². The number of aromatic nitrogens is 6. The molecule has 0 unspecified atom stereocenters. The van der Waals surface area contributed by atoms with Crippen LogP contribution in [0.1, 0.15) is 29.9 Å². The normalized spacial score (nSPS) is 17.2. The first-order chi connectivity index (χ1) is 19.4. The number of rotatable bonds is 6. The number of anilines is 2. The first-order valence-electron chi connectivity index (χ1n) is 13.0. The van der Waals surface area contributed by atoms with E-state index >= 15 is 0 Å². The number of hydrogen-bond donors (Lipinski definition) is 2. The summed E-state index contributed by atoms with van der Waals surface area (Å²) < 4.78 is 13.1. The maximum Gasteiger partial charge on any atom is 0.316 e. The standard InChI is InChI=1S/C28H29N9O3/c1-16-11-36(12-17(2)32-16)23-6-5-21(25-22(23)10-31-28(35-25)39-4)27(38)34-19-7-24(40-20-8-29-15-30-9-20)26-33-18(3)13-37(26)14-19/h5-10,13-17,32H,11-12H2,1-4H3,(H,34,38)/t16-,17+. The van der Waals surface area contributed by atoms with Crippen LogP contribution in [-0.2, 0) is 0 Å². The molecular formula is C28H29N9O3. The number of fused-ring (bicyclic) bond motifs is 2. The second-order valence-electron chi connectivity index (χ2n) is 9.96. The molecule has 1 aliphatic rings. The van der Waals surface area contributed by atoms with E-state index < -0.39 is 0 Å². The number of aryl methyl sites for hydroxylation is 1. The fourth-order valence-corrected chi connectivity index (χ4v) is 5.17. The SMILES string of the molecule is COc1ncc2c(N3C[C@@H](C)N[C@@H](C)C3)ccc(C(=O)Nc3cc(Oc4cncnc4)c4nc(C)cn4c3)c2n1. The highest BCUT2D eigenvalue weighted by atomic mass is 16.5. The fraction of sp³-hybridized carbons (Fsp3) is 0.286. The fourth-order valence-electron chi connectivity index (χ4n) is 5.17. The average Bonchev–Trinajstić information content (AvgIpc) is 3.32.